The van der Waals surface area contributed by atoms with Gasteiger partial charge in [0.2, 0.25) is 11.8 Å². The second-order valence-corrected chi connectivity index (χ2v) is 8.68. The molecule has 1 heterocycles. The average molecular weight is 443 g/mol. The van der Waals surface area contributed by atoms with Crippen LogP contribution in [0, 0.1) is 5.92 Å². The number of rotatable bonds is 14. The molecule has 1 aliphatic heterocycles. The standard InChI is InChI=1S/C20H38N6O5/c1-11(2)15(24-12(3)4)18(30)26-14(9-27)17(29)25-13(7-6-8-23-19(21)22)16(28)20(5)10-31-20/h11-15,24,27H,6-10H2,1-5H3,(H,25,29)(H,26,30)(H4,21,22,23)/t13-,14-,15-,20+/m0/s1. The minimum atomic E-state index is -1.19. The van der Waals surface area contributed by atoms with Gasteiger partial charge in [0.05, 0.1) is 25.3 Å². The zero-order chi connectivity index (χ0) is 23.8. The van der Waals surface area contributed by atoms with Crippen molar-refractivity contribution < 1.29 is 24.2 Å². The van der Waals surface area contributed by atoms with Crippen molar-refractivity contribution in [3.05, 3.63) is 0 Å². The minimum Gasteiger partial charge on any atom is -0.394 e. The largest absolute Gasteiger partial charge is 0.394 e. The van der Waals surface area contributed by atoms with E-state index in [2.05, 4.69) is 20.9 Å². The SMILES string of the molecule is CC(C)N[C@H](C(=O)N[C@@H](CO)C(=O)N[C@@H](CCCN=C(N)N)C(=O)[C@@]1(C)CO1)C(C)C. The highest BCUT2D eigenvalue weighted by Gasteiger charge is 2.50. The number of epoxide rings is 1. The molecule has 0 aromatic rings. The van der Waals surface area contributed by atoms with Gasteiger partial charge in [-0.15, -0.1) is 0 Å². The van der Waals surface area contributed by atoms with Crippen molar-refractivity contribution in [3.63, 3.8) is 0 Å². The van der Waals surface area contributed by atoms with Crippen LogP contribution >= 0.6 is 0 Å². The van der Waals surface area contributed by atoms with E-state index in [0.717, 1.165) is 0 Å². The molecule has 2 amide bonds. The van der Waals surface area contributed by atoms with Gasteiger partial charge in [-0.05, 0) is 25.7 Å². The molecule has 0 spiro atoms. The number of ketones is 1. The zero-order valence-corrected chi connectivity index (χ0v) is 19.1. The Kier molecular flexibility index (Phi) is 10.3. The molecule has 31 heavy (non-hydrogen) atoms. The van der Waals surface area contributed by atoms with Crippen molar-refractivity contribution in [1.29, 1.82) is 0 Å². The summed E-state index contributed by atoms with van der Waals surface area (Å²) in [5.74, 6) is -1.39. The Hall–Kier alpha value is -2.24. The van der Waals surface area contributed by atoms with Gasteiger partial charge in [-0.3, -0.25) is 19.4 Å². The van der Waals surface area contributed by atoms with Gasteiger partial charge in [-0.1, -0.05) is 27.7 Å². The quantitative estimate of drug-likeness (QED) is 0.0802. The number of amides is 2. The number of aliphatic hydroxyl groups is 1. The van der Waals surface area contributed by atoms with Gasteiger partial charge in [0, 0.05) is 12.6 Å². The lowest BCUT2D eigenvalue weighted by molar-refractivity contribution is -0.134. The molecule has 0 bridgehead atoms. The fourth-order valence-corrected chi connectivity index (χ4v) is 3.05. The summed E-state index contributed by atoms with van der Waals surface area (Å²) < 4.78 is 5.22. The van der Waals surface area contributed by atoms with E-state index in [0.29, 0.717) is 13.0 Å². The van der Waals surface area contributed by atoms with Gasteiger partial charge in [-0.25, -0.2) is 0 Å². The number of nitrogens with two attached hydrogens (primary N) is 2. The van der Waals surface area contributed by atoms with Crippen molar-refractivity contribution in [2.24, 2.45) is 22.4 Å². The lowest BCUT2D eigenvalue weighted by Crippen LogP contribution is -2.58. The number of aliphatic imine (C=N–C) groups is 1. The Labute approximate surface area is 183 Å². The summed E-state index contributed by atoms with van der Waals surface area (Å²) >= 11 is 0. The van der Waals surface area contributed by atoms with Crippen LogP contribution in [-0.4, -0.2) is 78.2 Å². The molecule has 0 unspecified atom stereocenters. The van der Waals surface area contributed by atoms with Crippen molar-refractivity contribution in [2.75, 3.05) is 19.8 Å². The third-order valence-corrected chi connectivity index (χ3v) is 4.95. The van der Waals surface area contributed by atoms with E-state index in [1.807, 2.05) is 27.7 Å². The smallest absolute Gasteiger partial charge is 0.245 e. The van der Waals surface area contributed by atoms with E-state index < -0.39 is 42.1 Å². The van der Waals surface area contributed by atoms with Crippen LogP contribution in [0.15, 0.2) is 4.99 Å². The molecule has 11 nitrogen and oxygen atoms in total. The van der Waals surface area contributed by atoms with Crippen molar-refractivity contribution in [3.8, 4) is 0 Å². The molecular weight excluding hydrogens is 404 g/mol. The first-order valence-corrected chi connectivity index (χ1v) is 10.6. The molecule has 4 atom stereocenters. The van der Waals surface area contributed by atoms with Gasteiger partial charge in [0.1, 0.15) is 11.6 Å². The number of hydrogen-bond acceptors (Lipinski definition) is 7. The summed E-state index contributed by atoms with van der Waals surface area (Å²) in [6.45, 7) is 9.23. The van der Waals surface area contributed by atoms with Gasteiger partial charge >= 0.3 is 0 Å². The van der Waals surface area contributed by atoms with Gasteiger partial charge in [0.15, 0.2) is 11.7 Å². The number of nitrogens with zero attached hydrogens (tertiary/aromatic N) is 1. The molecule has 8 N–H and O–H groups in total. The normalized spacial score (nSPS) is 20.6. The summed E-state index contributed by atoms with van der Waals surface area (Å²) in [5.41, 5.74) is 9.68. The van der Waals surface area contributed by atoms with Gasteiger partial charge in [0.25, 0.3) is 0 Å². The summed E-state index contributed by atoms with van der Waals surface area (Å²) in [6, 6.07) is -2.51. The first-order valence-electron chi connectivity index (χ1n) is 10.6. The fraction of sp³-hybridized carbons (Fsp3) is 0.800. The predicted octanol–water partition coefficient (Wildman–Crippen LogP) is -1.62. The van der Waals surface area contributed by atoms with E-state index in [4.69, 9.17) is 16.2 Å². The first kappa shape index (κ1) is 26.8. The number of aliphatic hydroxyl groups excluding tert-OH is 1. The highest BCUT2D eigenvalue weighted by Crippen LogP contribution is 2.29. The summed E-state index contributed by atoms with van der Waals surface area (Å²) in [5, 5.41) is 18.1. The zero-order valence-electron chi connectivity index (χ0n) is 19.1. The van der Waals surface area contributed by atoms with Crippen LogP contribution in [0.4, 0.5) is 0 Å². The fourth-order valence-electron chi connectivity index (χ4n) is 3.05. The highest BCUT2D eigenvalue weighted by atomic mass is 16.6. The van der Waals surface area contributed by atoms with E-state index in [9.17, 15) is 19.5 Å². The Balaban J connectivity index is 2.81. The highest BCUT2D eigenvalue weighted by molar-refractivity contribution is 5.98. The Bertz CT molecular complexity index is 658. The number of hydrogen-bond donors (Lipinski definition) is 6. The average Bonchev–Trinajstić information content (AvgIpc) is 3.43. The molecule has 11 heteroatoms. The molecule has 178 valence electrons. The molecule has 0 aliphatic carbocycles. The molecule has 1 rings (SSSR count). The minimum absolute atomic E-state index is 0.0263. The monoisotopic (exact) mass is 442 g/mol. The second-order valence-electron chi connectivity index (χ2n) is 8.68. The number of ether oxygens (including phenoxy) is 1. The van der Waals surface area contributed by atoms with Gasteiger partial charge in [-0.2, -0.15) is 0 Å². The Morgan fingerprint density at radius 2 is 1.68 bits per heavy atom. The third-order valence-electron chi connectivity index (χ3n) is 4.95. The van der Waals surface area contributed by atoms with E-state index in [-0.39, 0.29) is 36.7 Å². The molecule has 1 aliphatic rings. The van der Waals surface area contributed by atoms with Crippen LogP contribution in [0.1, 0.15) is 47.5 Å². The molecule has 0 aromatic heterocycles. The predicted molar refractivity (Wildman–Crippen MR) is 117 cm³/mol. The van der Waals surface area contributed by atoms with Crippen LogP contribution in [0.2, 0.25) is 0 Å². The Morgan fingerprint density at radius 1 is 1.10 bits per heavy atom. The maximum absolute atomic E-state index is 12.8. The lowest BCUT2D eigenvalue weighted by atomic mass is 9.96. The maximum atomic E-state index is 12.8. The number of carbonyl (C=O) groups is 3. The topological polar surface area (TPSA) is 184 Å². The summed E-state index contributed by atoms with van der Waals surface area (Å²) in [4.78, 5) is 42.1. The summed E-state index contributed by atoms with van der Waals surface area (Å²) in [6.07, 6.45) is 0.741. The lowest BCUT2D eigenvalue weighted by Gasteiger charge is -2.27. The number of nitrogens with one attached hydrogen (secondary N) is 3. The van der Waals surface area contributed by atoms with E-state index in [1.54, 1.807) is 6.92 Å². The van der Waals surface area contributed by atoms with Crippen molar-refractivity contribution >= 4 is 23.6 Å². The molecular formula is C20H38N6O5. The number of guanidine groups is 1. The van der Waals surface area contributed by atoms with Crippen molar-refractivity contribution in [1.82, 2.24) is 16.0 Å². The summed E-state index contributed by atoms with van der Waals surface area (Å²) in [7, 11) is 0. The first-order chi connectivity index (χ1) is 14.4. The van der Waals surface area contributed by atoms with E-state index >= 15 is 0 Å². The molecule has 0 aromatic carbocycles. The van der Waals surface area contributed by atoms with Crippen LogP contribution in [0.5, 0.6) is 0 Å². The van der Waals surface area contributed by atoms with Gasteiger partial charge < -0.3 is 37.3 Å². The van der Waals surface area contributed by atoms with Crippen LogP contribution in [0.25, 0.3) is 0 Å². The maximum Gasteiger partial charge on any atom is 0.245 e. The second kappa shape index (κ2) is 12.0. The third kappa shape index (κ3) is 8.80. The molecule has 1 fully saturated rings. The number of Topliss-reactive ketones (excluding diaryl/α,β-unsaturated/α-hetero) is 1. The van der Waals surface area contributed by atoms with E-state index in [1.165, 1.54) is 0 Å². The molecule has 1 saturated heterocycles. The van der Waals surface area contributed by atoms with Crippen LogP contribution in [0.3, 0.4) is 0 Å². The van der Waals surface area contributed by atoms with Crippen molar-refractivity contribution in [2.45, 2.75) is 77.2 Å². The number of carbonyl (C=O) groups excluding carboxylic acids is 3. The Morgan fingerprint density at radius 3 is 2.13 bits per heavy atom. The van der Waals surface area contributed by atoms with Crippen LogP contribution < -0.4 is 27.4 Å². The molecule has 0 saturated carbocycles. The molecule has 0 radical (unpaired) electrons. The van der Waals surface area contributed by atoms with Crippen LogP contribution in [-0.2, 0) is 19.1 Å².